The van der Waals surface area contributed by atoms with Crippen LogP contribution in [0.4, 0.5) is 0 Å². The van der Waals surface area contributed by atoms with E-state index in [9.17, 15) is 22.8 Å². The van der Waals surface area contributed by atoms with Crippen LogP contribution >= 0.6 is 0 Å². The lowest BCUT2D eigenvalue weighted by Crippen LogP contribution is -2.47. The molecular formula is C20H28N4O6S. The molecule has 1 saturated carbocycles. The zero-order valence-corrected chi connectivity index (χ0v) is 18.1. The summed E-state index contributed by atoms with van der Waals surface area (Å²) in [5, 5.41) is 2.58. The first-order valence-corrected chi connectivity index (χ1v) is 11.9. The average molecular weight is 453 g/mol. The van der Waals surface area contributed by atoms with E-state index in [1.807, 2.05) is 0 Å². The number of hydrazine groups is 1. The van der Waals surface area contributed by atoms with E-state index in [1.54, 1.807) is 0 Å². The summed E-state index contributed by atoms with van der Waals surface area (Å²) in [6, 6.07) is 5.59. The molecule has 1 aliphatic heterocycles. The molecule has 1 heterocycles. The first-order chi connectivity index (χ1) is 14.9. The molecule has 0 atom stereocenters. The number of morpholine rings is 1. The van der Waals surface area contributed by atoms with Crippen molar-refractivity contribution in [3.05, 3.63) is 29.8 Å². The van der Waals surface area contributed by atoms with Crippen molar-refractivity contribution in [1.29, 1.82) is 0 Å². The zero-order chi connectivity index (χ0) is 22.3. The van der Waals surface area contributed by atoms with Crippen LogP contribution in [-0.2, 0) is 24.3 Å². The first-order valence-electron chi connectivity index (χ1n) is 10.4. The van der Waals surface area contributed by atoms with E-state index in [0.717, 1.165) is 32.1 Å². The van der Waals surface area contributed by atoms with Crippen LogP contribution in [-0.4, -0.2) is 63.3 Å². The van der Waals surface area contributed by atoms with Gasteiger partial charge in [-0.15, -0.1) is 0 Å². The minimum atomic E-state index is -3.74. The molecular weight excluding hydrogens is 424 g/mol. The van der Waals surface area contributed by atoms with Crippen LogP contribution in [0, 0.1) is 5.92 Å². The van der Waals surface area contributed by atoms with Gasteiger partial charge in [0.2, 0.25) is 15.9 Å². The third-order valence-corrected chi connectivity index (χ3v) is 7.31. The second-order valence-electron chi connectivity index (χ2n) is 7.60. The Kier molecular flexibility index (Phi) is 7.99. The summed E-state index contributed by atoms with van der Waals surface area (Å²) >= 11 is 0. The maximum Gasteiger partial charge on any atom is 0.269 e. The Morgan fingerprint density at radius 3 is 2.45 bits per heavy atom. The molecule has 170 valence electrons. The average Bonchev–Trinajstić information content (AvgIpc) is 2.82. The Bertz CT molecular complexity index is 908. The number of nitrogens with one attached hydrogen (secondary N) is 3. The minimum absolute atomic E-state index is 0.00637. The van der Waals surface area contributed by atoms with E-state index in [0.29, 0.717) is 13.2 Å². The number of ether oxygens (including phenoxy) is 1. The van der Waals surface area contributed by atoms with Crippen molar-refractivity contribution in [1.82, 2.24) is 20.5 Å². The molecule has 2 aliphatic rings. The van der Waals surface area contributed by atoms with Gasteiger partial charge in [-0.25, -0.2) is 8.42 Å². The summed E-state index contributed by atoms with van der Waals surface area (Å²) in [6.07, 6.45) is 4.81. The first kappa shape index (κ1) is 23.2. The SMILES string of the molecule is O=C(CNC(=O)C1CCCCC1)NNC(=O)c1cccc(S(=O)(=O)N2CCOCC2)c1. The molecule has 11 heteroatoms. The molecule has 0 unspecified atom stereocenters. The Labute approximate surface area is 181 Å². The molecule has 3 rings (SSSR count). The van der Waals surface area contributed by atoms with Crippen molar-refractivity contribution >= 4 is 27.7 Å². The summed E-state index contributed by atoms with van der Waals surface area (Å²) in [5.74, 6) is -1.45. The molecule has 1 aromatic rings. The highest BCUT2D eigenvalue weighted by molar-refractivity contribution is 7.89. The fourth-order valence-electron chi connectivity index (χ4n) is 3.65. The number of amides is 3. The van der Waals surface area contributed by atoms with Crippen LogP contribution in [0.1, 0.15) is 42.5 Å². The van der Waals surface area contributed by atoms with Crippen LogP contribution < -0.4 is 16.2 Å². The van der Waals surface area contributed by atoms with E-state index >= 15 is 0 Å². The van der Waals surface area contributed by atoms with Crippen molar-refractivity contribution < 1.29 is 27.5 Å². The molecule has 3 amide bonds. The van der Waals surface area contributed by atoms with E-state index in [-0.39, 0.29) is 41.9 Å². The maximum absolute atomic E-state index is 12.7. The molecule has 1 saturated heterocycles. The third kappa shape index (κ3) is 6.25. The molecule has 10 nitrogen and oxygen atoms in total. The molecule has 0 bridgehead atoms. The van der Waals surface area contributed by atoms with Crippen LogP contribution in [0.25, 0.3) is 0 Å². The molecule has 2 fully saturated rings. The number of carbonyl (C=O) groups excluding carboxylic acids is 3. The number of carbonyl (C=O) groups is 3. The largest absolute Gasteiger partial charge is 0.379 e. The topological polar surface area (TPSA) is 134 Å². The van der Waals surface area contributed by atoms with Crippen LogP contribution in [0.5, 0.6) is 0 Å². The lowest BCUT2D eigenvalue weighted by atomic mass is 9.89. The number of rotatable bonds is 6. The highest BCUT2D eigenvalue weighted by Gasteiger charge is 2.27. The van der Waals surface area contributed by atoms with Crippen molar-refractivity contribution in [3.63, 3.8) is 0 Å². The Morgan fingerprint density at radius 1 is 1.03 bits per heavy atom. The van der Waals surface area contributed by atoms with Crippen molar-refractivity contribution in [3.8, 4) is 0 Å². The molecule has 0 radical (unpaired) electrons. The van der Waals surface area contributed by atoms with E-state index in [2.05, 4.69) is 16.2 Å². The fraction of sp³-hybridized carbons (Fsp3) is 0.550. The van der Waals surface area contributed by atoms with Crippen LogP contribution in [0.2, 0.25) is 0 Å². The monoisotopic (exact) mass is 452 g/mol. The highest BCUT2D eigenvalue weighted by atomic mass is 32.2. The summed E-state index contributed by atoms with van der Waals surface area (Å²) in [6.45, 7) is 0.898. The van der Waals surface area contributed by atoms with Gasteiger partial charge in [-0.3, -0.25) is 25.2 Å². The van der Waals surface area contributed by atoms with E-state index in [1.165, 1.54) is 28.6 Å². The zero-order valence-electron chi connectivity index (χ0n) is 17.3. The second-order valence-corrected chi connectivity index (χ2v) is 9.54. The molecule has 1 aromatic carbocycles. The Balaban J connectivity index is 1.50. The molecule has 0 spiro atoms. The summed E-state index contributed by atoms with van der Waals surface area (Å²) in [7, 11) is -3.74. The lowest BCUT2D eigenvalue weighted by molar-refractivity contribution is -0.129. The Hall–Kier alpha value is -2.50. The number of hydrogen-bond donors (Lipinski definition) is 3. The van der Waals surface area contributed by atoms with Crippen LogP contribution in [0.3, 0.4) is 0 Å². The smallest absolute Gasteiger partial charge is 0.269 e. The highest BCUT2D eigenvalue weighted by Crippen LogP contribution is 2.23. The maximum atomic E-state index is 12.7. The summed E-state index contributed by atoms with van der Waals surface area (Å²) in [5.41, 5.74) is 4.56. The van der Waals surface area contributed by atoms with Gasteiger partial charge in [-0.05, 0) is 31.0 Å². The van der Waals surface area contributed by atoms with Crippen molar-refractivity contribution in [2.24, 2.45) is 5.92 Å². The number of sulfonamides is 1. The van der Waals surface area contributed by atoms with Gasteiger partial charge in [-0.1, -0.05) is 25.3 Å². The number of benzene rings is 1. The molecule has 3 N–H and O–H groups in total. The quantitative estimate of drug-likeness (QED) is 0.527. The third-order valence-electron chi connectivity index (χ3n) is 5.42. The predicted octanol–water partition coefficient (Wildman–Crippen LogP) is 0.165. The van der Waals surface area contributed by atoms with Crippen LogP contribution in [0.15, 0.2) is 29.2 Å². The summed E-state index contributed by atoms with van der Waals surface area (Å²) in [4.78, 5) is 36.4. The van der Waals surface area contributed by atoms with Crippen molar-refractivity contribution in [2.45, 2.75) is 37.0 Å². The molecule has 31 heavy (non-hydrogen) atoms. The predicted molar refractivity (Wildman–Crippen MR) is 111 cm³/mol. The van der Waals surface area contributed by atoms with Gasteiger partial charge in [-0.2, -0.15) is 4.31 Å². The van der Waals surface area contributed by atoms with Gasteiger partial charge in [0.25, 0.3) is 11.8 Å². The van der Waals surface area contributed by atoms with Gasteiger partial charge < -0.3 is 10.1 Å². The minimum Gasteiger partial charge on any atom is -0.379 e. The standard InChI is InChI=1S/C20H28N4O6S/c25-18(14-21-19(26)15-5-2-1-3-6-15)22-23-20(27)16-7-4-8-17(13-16)31(28,29)24-9-11-30-12-10-24/h4,7-8,13,15H,1-3,5-6,9-12,14H2,(H,21,26)(H,22,25)(H,23,27). The summed E-state index contributed by atoms with van der Waals surface area (Å²) < 4.78 is 32.0. The van der Waals surface area contributed by atoms with Gasteiger partial charge in [0.1, 0.15) is 0 Å². The van der Waals surface area contributed by atoms with Gasteiger partial charge in [0.15, 0.2) is 0 Å². The van der Waals surface area contributed by atoms with Crippen molar-refractivity contribution in [2.75, 3.05) is 32.8 Å². The van der Waals surface area contributed by atoms with Gasteiger partial charge in [0.05, 0.1) is 24.7 Å². The second kappa shape index (κ2) is 10.7. The van der Waals surface area contributed by atoms with E-state index < -0.39 is 21.8 Å². The molecule has 0 aromatic heterocycles. The normalized spacial score (nSPS) is 18.2. The number of hydrogen-bond acceptors (Lipinski definition) is 6. The van der Waals surface area contributed by atoms with Gasteiger partial charge >= 0.3 is 0 Å². The van der Waals surface area contributed by atoms with Gasteiger partial charge in [0, 0.05) is 24.6 Å². The fourth-order valence-corrected chi connectivity index (χ4v) is 5.11. The van der Waals surface area contributed by atoms with E-state index in [4.69, 9.17) is 4.74 Å². The lowest BCUT2D eigenvalue weighted by Gasteiger charge is -2.26. The number of nitrogens with zero attached hydrogens (tertiary/aromatic N) is 1. The molecule has 1 aliphatic carbocycles. The Morgan fingerprint density at radius 2 is 1.74 bits per heavy atom.